The fourth-order valence-corrected chi connectivity index (χ4v) is 5.45. The van der Waals surface area contributed by atoms with Gasteiger partial charge in [0.15, 0.2) is 0 Å². The third-order valence-electron chi connectivity index (χ3n) is 8.12. The maximum Gasteiger partial charge on any atom is 0.228 e. The Morgan fingerprint density at radius 1 is 0.593 bits per heavy atom. The van der Waals surface area contributed by atoms with Crippen LogP contribution in [0.2, 0.25) is 0 Å². The molecule has 0 heterocycles. The first-order chi connectivity index (χ1) is 26.5. The van der Waals surface area contributed by atoms with Crippen LogP contribution >= 0.6 is 0 Å². The number of amides is 1. The number of benzene rings is 4. The van der Waals surface area contributed by atoms with E-state index < -0.39 is 0 Å². The topological polar surface area (TPSA) is 170 Å². The second kappa shape index (κ2) is 23.3. The van der Waals surface area contributed by atoms with Crippen molar-refractivity contribution < 1.29 is 23.7 Å². The average molecular weight is 734 g/mol. The number of anilines is 1. The zero-order chi connectivity index (χ0) is 38.4. The van der Waals surface area contributed by atoms with Crippen LogP contribution in [0.4, 0.5) is 5.69 Å². The molecule has 0 aromatic heterocycles. The lowest BCUT2D eigenvalue weighted by Crippen LogP contribution is -2.10. The van der Waals surface area contributed by atoms with Gasteiger partial charge in [0.05, 0.1) is 26.4 Å². The normalized spacial score (nSPS) is 11.4. The summed E-state index contributed by atoms with van der Waals surface area (Å²) < 4.78 is 24.3. The molecular formula is C44H55N5O5. The van der Waals surface area contributed by atoms with Crippen LogP contribution in [0.5, 0.6) is 23.0 Å². The predicted octanol–water partition coefficient (Wildman–Crippen LogP) is 7.09. The van der Waals surface area contributed by atoms with Crippen molar-refractivity contribution in [2.45, 2.75) is 32.1 Å². The van der Waals surface area contributed by atoms with Gasteiger partial charge in [0.1, 0.15) is 23.0 Å². The van der Waals surface area contributed by atoms with Crippen LogP contribution in [0.25, 0.3) is 27.8 Å². The summed E-state index contributed by atoms with van der Waals surface area (Å²) >= 11 is 0. The van der Waals surface area contributed by atoms with Gasteiger partial charge in [-0.3, -0.25) is 4.79 Å². The molecule has 0 fully saturated rings. The fraction of sp³-hybridized carbons (Fsp3) is 0.295. The van der Waals surface area contributed by atoms with Gasteiger partial charge in [0, 0.05) is 24.2 Å². The Kier molecular flexibility index (Phi) is 17.9. The van der Waals surface area contributed by atoms with Crippen molar-refractivity contribution in [2.75, 3.05) is 57.9 Å². The largest absolute Gasteiger partial charge is 0.493 e. The molecule has 0 unspecified atom stereocenters. The van der Waals surface area contributed by atoms with Crippen LogP contribution in [0.1, 0.15) is 37.7 Å². The van der Waals surface area contributed by atoms with Crippen LogP contribution < -0.4 is 47.2 Å². The van der Waals surface area contributed by atoms with Crippen molar-refractivity contribution in [3.63, 3.8) is 0 Å². The van der Waals surface area contributed by atoms with E-state index >= 15 is 0 Å². The Morgan fingerprint density at radius 3 is 1.43 bits per heavy atom. The minimum atomic E-state index is -0.172. The maximum atomic E-state index is 13.5. The quantitative estimate of drug-likeness (QED) is 0.0373. The first-order valence-electron chi connectivity index (χ1n) is 18.6. The average Bonchev–Trinajstić information content (AvgIpc) is 3.18. The first-order valence-corrected chi connectivity index (χ1v) is 18.6. The highest BCUT2D eigenvalue weighted by molar-refractivity contribution is 5.94. The minimum Gasteiger partial charge on any atom is -0.493 e. The van der Waals surface area contributed by atoms with Crippen molar-refractivity contribution >= 4 is 17.2 Å². The maximum absolute atomic E-state index is 13.5. The van der Waals surface area contributed by atoms with Crippen LogP contribution in [-0.4, -0.2) is 58.5 Å². The molecule has 9 N–H and O–H groups in total. The Morgan fingerprint density at radius 2 is 1.02 bits per heavy atom. The van der Waals surface area contributed by atoms with Gasteiger partial charge in [-0.2, -0.15) is 0 Å². The summed E-state index contributed by atoms with van der Waals surface area (Å²) in [6.45, 7) is 7.79. The molecule has 10 nitrogen and oxygen atoms in total. The van der Waals surface area contributed by atoms with Gasteiger partial charge in [0.25, 0.3) is 0 Å². The van der Waals surface area contributed by atoms with E-state index in [-0.39, 0.29) is 12.3 Å². The Hall–Kier alpha value is -5.39. The molecule has 4 aromatic carbocycles. The molecule has 4 aromatic rings. The zero-order valence-electron chi connectivity index (χ0n) is 31.1. The lowest BCUT2D eigenvalue weighted by atomic mass is 9.97. The van der Waals surface area contributed by atoms with Crippen molar-refractivity contribution in [1.82, 2.24) is 0 Å². The highest BCUT2D eigenvalue weighted by Gasteiger charge is 2.13. The molecule has 0 saturated heterocycles. The van der Waals surface area contributed by atoms with E-state index in [1.54, 1.807) is 6.08 Å². The SMILES string of the molecule is C=C/C=C(\C=C/CC(=O)Nc1cc(-c2cc(OCCCN)cc(OCCCN)c2)cc(-c2cc(OCCCN)cc(OCCCN)c2)c1)c1ccccc1. The van der Waals surface area contributed by atoms with Crippen molar-refractivity contribution in [3.05, 3.63) is 121 Å². The summed E-state index contributed by atoms with van der Waals surface area (Å²) in [5, 5.41) is 3.12. The van der Waals surface area contributed by atoms with Crippen LogP contribution in [0, 0.1) is 0 Å². The molecule has 54 heavy (non-hydrogen) atoms. The predicted molar refractivity (Wildman–Crippen MR) is 221 cm³/mol. The second-order valence-electron chi connectivity index (χ2n) is 12.5. The second-order valence-corrected chi connectivity index (χ2v) is 12.5. The Bertz CT molecular complexity index is 1680. The molecule has 286 valence electrons. The standard InChI is InChI=1S/C44H55N5O5/c1-2-11-33(34-12-4-3-5-13-34)14-6-15-44(50)49-39-25-35(37-27-40(51-20-7-16-45)31-41(28-37)52-21-8-17-46)24-36(26-39)38-29-42(53-22-9-18-47)32-43(30-38)54-23-10-19-48/h2-6,11-14,24-32H,1,7-10,15-23,45-48H2,(H,49,50)/b14-6-,33-11+. The molecule has 0 bridgehead atoms. The number of allylic oxidation sites excluding steroid dienone is 4. The van der Waals surface area contributed by atoms with Crippen LogP contribution in [0.3, 0.4) is 0 Å². The highest BCUT2D eigenvalue weighted by Crippen LogP contribution is 2.37. The minimum absolute atomic E-state index is 0.161. The van der Waals surface area contributed by atoms with E-state index in [9.17, 15) is 4.79 Å². The molecular weight excluding hydrogens is 679 g/mol. The van der Waals surface area contributed by atoms with Gasteiger partial charge in [-0.15, -0.1) is 0 Å². The van der Waals surface area contributed by atoms with Gasteiger partial charge in [-0.1, -0.05) is 61.2 Å². The summed E-state index contributed by atoms with van der Waals surface area (Å²) in [5.74, 6) is 2.43. The van der Waals surface area contributed by atoms with Gasteiger partial charge < -0.3 is 47.2 Å². The van der Waals surface area contributed by atoms with E-state index in [1.165, 1.54) is 0 Å². The van der Waals surface area contributed by atoms with E-state index in [4.69, 9.17) is 41.9 Å². The van der Waals surface area contributed by atoms with Crippen molar-refractivity contribution in [2.24, 2.45) is 22.9 Å². The molecule has 0 aliphatic rings. The molecule has 0 atom stereocenters. The number of hydrogen-bond acceptors (Lipinski definition) is 9. The van der Waals surface area contributed by atoms with E-state index in [2.05, 4.69) is 18.0 Å². The molecule has 10 heteroatoms. The number of rotatable bonds is 24. The zero-order valence-corrected chi connectivity index (χ0v) is 31.1. The highest BCUT2D eigenvalue weighted by atomic mass is 16.5. The summed E-state index contributed by atoms with van der Waals surface area (Å²) in [5.41, 5.74) is 28.9. The number of nitrogens with one attached hydrogen (secondary N) is 1. The fourth-order valence-electron chi connectivity index (χ4n) is 5.45. The van der Waals surface area contributed by atoms with Gasteiger partial charge in [-0.25, -0.2) is 0 Å². The molecule has 1 amide bonds. The van der Waals surface area contributed by atoms with E-state index in [0.717, 1.165) is 33.4 Å². The van der Waals surface area contributed by atoms with Crippen molar-refractivity contribution in [3.8, 4) is 45.3 Å². The molecule has 0 radical (unpaired) electrons. The monoisotopic (exact) mass is 733 g/mol. The lowest BCUT2D eigenvalue weighted by Gasteiger charge is -2.16. The summed E-state index contributed by atoms with van der Waals surface area (Å²) in [7, 11) is 0. The smallest absolute Gasteiger partial charge is 0.228 e. The number of carbonyl (C=O) groups excluding carboxylic acids is 1. The van der Waals surface area contributed by atoms with Crippen LogP contribution in [0.15, 0.2) is 116 Å². The number of ether oxygens (including phenoxy) is 4. The number of carbonyl (C=O) groups is 1. The van der Waals surface area contributed by atoms with Crippen molar-refractivity contribution in [1.29, 1.82) is 0 Å². The van der Waals surface area contributed by atoms with Gasteiger partial charge in [-0.05, 0) is 128 Å². The molecule has 0 saturated carbocycles. The third-order valence-corrected chi connectivity index (χ3v) is 8.12. The summed E-state index contributed by atoms with van der Waals surface area (Å²) in [6.07, 6.45) is 10.4. The lowest BCUT2D eigenvalue weighted by molar-refractivity contribution is -0.115. The molecule has 0 aliphatic heterocycles. The van der Waals surface area contributed by atoms with E-state index in [0.29, 0.717) is 107 Å². The van der Waals surface area contributed by atoms with E-state index in [1.807, 2.05) is 97.1 Å². The molecule has 4 rings (SSSR count). The first kappa shape index (κ1) is 41.4. The van der Waals surface area contributed by atoms with Crippen LogP contribution in [-0.2, 0) is 4.79 Å². The number of nitrogens with two attached hydrogens (primary N) is 4. The third kappa shape index (κ3) is 13.9. The van der Waals surface area contributed by atoms with Gasteiger partial charge in [0.2, 0.25) is 5.91 Å². The Labute approximate surface area is 319 Å². The summed E-state index contributed by atoms with van der Waals surface area (Å²) in [4.78, 5) is 13.5. The molecule has 0 spiro atoms. The number of hydrogen-bond donors (Lipinski definition) is 5. The Balaban J connectivity index is 1.75. The van der Waals surface area contributed by atoms with Gasteiger partial charge >= 0.3 is 0 Å². The molecule has 0 aliphatic carbocycles. The summed E-state index contributed by atoms with van der Waals surface area (Å²) in [6, 6.07) is 27.5.